The van der Waals surface area contributed by atoms with Crippen LogP contribution in [-0.4, -0.2) is 42.9 Å². The molecule has 0 unspecified atom stereocenters. The zero-order valence-corrected chi connectivity index (χ0v) is 12.7. The number of carbonyl (C=O) groups is 2. The molecule has 1 heterocycles. The number of carbonyl (C=O) groups excluding carboxylic acids is 2. The van der Waals surface area contributed by atoms with E-state index < -0.39 is 0 Å². The lowest BCUT2D eigenvalue weighted by atomic mass is 10.0. The minimum absolute atomic E-state index is 0.0304. The lowest BCUT2D eigenvalue weighted by molar-refractivity contribution is -0.139. The first kappa shape index (κ1) is 15.5. The van der Waals surface area contributed by atoms with E-state index in [0.717, 1.165) is 30.8 Å². The average Bonchev–Trinajstić information content (AvgIpc) is 2.39. The number of anilines is 1. The van der Waals surface area contributed by atoms with Crippen molar-refractivity contribution < 1.29 is 9.59 Å². The Morgan fingerprint density at radius 2 is 2.05 bits per heavy atom. The van der Waals surface area contributed by atoms with Crippen molar-refractivity contribution in [2.45, 2.75) is 20.3 Å². The summed E-state index contributed by atoms with van der Waals surface area (Å²) >= 11 is 0. The Labute approximate surface area is 125 Å². The normalized spacial score (nSPS) is 14.4. The lowest BCUT2D eigenvalue weighted by Crippen LogP contribution is -2.53. The van der Waals surface area contributed by atoms with Crippen molar-refractivity contribution in [3.8, 4) is 0 Å². The zero-order chi connectivity index (χ0) is 15.2. The van der Waals surface area contributed by atoms with Crippen LogP contribution in [0.1, 0.15) is 18.9 Å². The summed E-state index contributed by atoms with van der Waals surface area (Å²) in [7, 11) is 0. The Kier molecular flexibility index (Phi) is 5.33. The van der Waals surface area contributed by atoms with Crippen LogP contribution < -0.4 is 10.6 Å². The Balaban J connectivity index is 1.94. The number of rotatable bonds is 6. The van der Waals surface area contributed by atoms with Crippen molar-refractivity contribution in [3.05, 3.63) is 29.8 Å². The Morgan fingerprint density at radius 3 is 2.62 bits per heavy atom. The number of amides is 2. The molecule has 5 heteroatoms. The van der Waals surface area contributed by atoms with Gasteiger partial charge in [-0.1, -0.05) is 25.1 Å². The SMILES string of the molecule is CCCN(CC(=O)Nc1ccccc1C)C(=O)C1CNC1. The Morgan fingerprint density at radius 1 is 1.33 bits per heavy atom. The summed E-state index contributed by atoms with van der Waals surface area (Å²) in [5.41, 5.74) is 1.82. The van der Waals surface area contributed by atoms with Crippen molar-refractivity contribution in [2.24, 2.45) is 5.92 Å². The summed E-state index contributed by atoms with van der Waals surface area (Å²) in [6, 6.07) is 7.64. The molecule has 0 saturated carbocycles. The number of benzene rings is 1. The molecule has 0 aromatic heterocycles. The second kappa shape index (κ2) is 7.22. The van der Waals surface area contributed by atoms with E-state index in [9.17, 15) is 9.59 Å². The standard InChI is InChI=1S/C16H23N3O2/c1-3-8-19(16(21)13-9-17-10-13)11-15(20)18-14-7-5-4-6-12(14)2/h4-7,13,17H,3,8-11H2,1-2H3,(H,18,20). The molecule has 1 saturated heterocycles. The first-order chi connectivity index (χ1) is 10.1. The van der Waals surface area contributed by atoms with E-state index in [1.165, 1.54) is 0 Å². The molecule has 1 aliphatic heterocycles. The molecule has 1 aromatic carbocycles. The van der Waals surface area contributed by atoms with Crippen molar-refractivity contribution in [1.82, 2.24) is 10.2 Å². The van der Waals surface area contributed by atoms with E-state index in [4.69, 9.17) is 0 Å². The van der Waals surface area contributed by atoms with Crippen molar-refractivity contribution >= 4 is 17.5 Å². The van der Waals surface area contributed by atoms with Gasteiger partial charge in [-0.15, -0.1) is 0 Å². The Bertz CT molecular complexity index is 512. The van der Waals surface area contributed by atoms with Crippen LogP contribution in [0, 0.1) is 12.8 Å². The first-order valence-corrected chi connectivity index (χ1v) is 7.46. The molecule has 114 valence electrons. The van der Waals surface area contributed by atoms with E-state index in [1.807, 2.05) is 38.1 Å². The highest BCUT2D eigenvalue weighted by molar-refractivity contribution is 5.95. The summed E-state index contributed by atoms with van der Waals surface area (Å²) in [4.78, 5) is 26.1. The largest absolute Gasteiger partial charge is 0.333 e. The van der Waals surface area contributed by atoms with Gasteiger partial charge >= 0.3 is 0 Å². The fourth-order valence-corrected chi connectivity index (χ4v) is 2.33. The van der Waals surface area contributed by atoms with Crippen LogP contribution in [0.3, 0.4) is 0 Å². The fourth-order valence-electron chi connectivity index (χ4n) is 2.33. The van der Waals surface area contributed by atoms with Gasteiger partial charge < -0.3 is 15.5 Å². The molecule has 1 aliphatic rings. The van der Waals surface area contributed by atoms with E-state index in [0.29, 0.717) is 6.54 Å². The highest BCUT2D eigenvalue weighted by Crippen LogP contribution is 2.14. The highest BCUT2D eigenvalue weighted by Gasteiger charge is 2.29. The van der Waals surface area contributed by atoms with Gasteiger partial charge in [-0.25, -0.2) is 0 Å². The first-order valence-electron chi connectivity index (χ1n) is 7.46. The van der Waals surface area contributed by atoms with Crippen LogP contribution in [0.2, 0.25) is 0 Å². The second-order valence-electron chi connectivity index (χ2n) is 5.48. The highest BCUT2D eigenvalue weighted by atomic mass is 16.2. The van der Waals surface area contributed by atoms with Crippen LogP contribution in [0.4, 0.5) is 5.69 Å². The smallest absolute Gasteiger partial charge is 0.244 e. The monoisotopic (exact) mass is 289 g/mol. The molecule has 1 fully saturated rings. The molecule has 5 nitrogen and oxygen atoms in total. The minimum Gasteiger partial charge on any atom is -0.333 e. The van der Waals surface area contributed by atoms with Gasteiger partial charge in [0.05, 0.1) is 12.5 Å². The Hall–Kier alpha value is -1.88. The quantitative estimate of drug-likeness (QED) is 0.832. The number of para-hydroxylation sites is 1. The molecule has 2 N–H and O–H groups in total. The number of hydrogen-bond donors (Lipinski definition) is 2. The number of nitrogens with one attached hydrogen (secondary N) is 2. The van der Waals surface area contributed by atoms with Gasteiger partial charge in [0.15, 0.2) is 0 Å². The molecule has 0 atom stereocenters. The van der Waals surface area contributed by atoms with Crippen LogP contribution in [0.15, 0.2) is 24.3 Å². The molecule has 1 aromatic rings. The van der Waals surface area contributed by atoms with Crippen LogP contribution in [-0.2, 0) is 9.59 Å². The predicted octanol–water partition coefficient (Wildman–Crippen LogP) is 1.39. The van der Waals surface area contributed by atoms with Gasteiger partial charge in [0.1, 0.15) is 0 Å². The van der Waals surface area contributed by atoms with Crippen molar-refractivity contribution in [2.75, 3.05) is 31.5 Å². The summed E-state index contributed by atoms with van der Waals surface area (Å²) in [5, 5.41) is 5.97. The third kappa shape index (κ3) is 4.04. The van der Waals surface area contributed by atoms with Crippen LogP contribution in [0.5, 0.6) is 0 Å². The molecule has 2 rings (SSSR count). The summed E-state index contributed by atoms with van der Waals surface area (Å²) in [5.74, 6) is -0.0308. The third-order valence-corrected chi connectivity index (χ3v) is 3.69. The van der Waals surface area contributed by atoms with Gasteiger partial charge in [0.2, 0.25) is 11.8 Å². The molecule has 0 bridgehead atoms. The van der Waals surface area contributed by atoms with Crippen molar-refractivity contribution in [3.63, 3.8) is 0 Å². The van der Waals surface area contributed by atoms with Crippen LogP contribution >= 0.6 is 0 Å². The summed E-state index contributed by atoms with van der Waals surface area (Å²) in [6.45, 7) is 6.15. The van der Waals surface area contributed by atoms with Gasteiger partial charge in [0, 0.05) is 25.3 Å². The maximum atomic E-state index is 12.3. The van der Waals surface area contributed by atoms with E-state index in [2.05, 4.69) is 10.6 Å². The van der Waals surface area contributed by atoms with E-state index in [-0.39, 0.29) is 24.3 Å². The number of nitrogens with zero attached hydrogens (tertiary/aromatic N) is 1. The number of aryl methyl sites for hydroxylation is 1. The summed E-state index contributed by atoms with van der Waals surface area (Å²) in [6.07, 6.45) is 0.851. The molecule has 0 radical (unpaired) electrons. The summed E-state index contributed by atoms with van der Waals surface area (Å²) < 4.78 is 0. The predicted molar refractivity (Wildman–Crippen MR) is 83.0 cm³/mol. The lowest BCUT2D eigenvalue weighted by Gasteiger charge is -2.32. The maximum absolute atomic E-state index is 12.3. The second-order valence-corrected chi connectivity index (χ2v) is 5.48. The zero-order valence-electron chi connectivity index (χ0n) is 12.7. The molecule has 2 amide bonds. The van der Waals surface area contributed by atoms with E-state index in [1.54, 1.807) is 4.90 Å². The van der Waals surface area contributed by atoms with Crippen molar-refractivity contribution in [1.29, 1.82) is 0 Å². The molecular weight excluding hydrogens is 266 g/mol. The third-order valence-electron chi connectivity index (χ3n) is 3.69. The maximum Gasteiger partial charge on any atom is 0.244 e. The average molecular weight is 289 g/mol. The van der Waals surface area contributed by atoms with Gasteiger partial charge in [-0.3, -0.25) is 9.59 Å². The molecule has 0 spiro atoms. The molecular formula is C16H23N3O2. The van der Waals surface area contributed by atoms with Crippen LogP contribution in [0.25, 0.3) is 0 Å². The van der Waals surface area contributed by atoms with Gasteiger partial charge in [-0.05, 0) is 25.0 Å². The molecule has 0 aliphatic carbocycles. The number of hydrogen-bond acceptors (Lipinski definition) is 3. The molecule has 21 heavy (non-hydrogen) atoms. The topological polar surface area (TPSA) is 61.4 Å². The fraction of sp³-hybridized carbons (Fsp3) is 0.500. The minimum atomic E-state index is -0.140. The van der Waals surface area contributed by atoms with Gasteiger partial charge in [0.25, 0.3) is 0 Å². The van der Waals surface area contributed by atoms with Gasteiger partial charge in [-0.2, -0.15) is 0 Å². The van der Waals surface area contributed by atoms with E-state index >= 15 is 0 Å².